The Kier molecular flexibility index (Phi) is 6.66. The van der Waals surface area contributed by atoms with E-state index in [1.54, 1.807) is 10.9 Å². The first-order valence-corrected chi connectivity index (χ1v) is 7.73. The molecule has 0 aliphatic heterocycles. The molecule has 0 unspecified atom stereocenters. The number of amides is 1. The summed E-state index contributed by atoms with van der Waals surface area (Å²) in [6.45, 7) is 1.89. The minimum Gasteiger partial charge on any atom is -0.748 e. The number of H-pyrrole nitrogens is 1. The van der Waals surface area contributed by atoms with E-state index in [9.17, 15) is 9.59 Å². The van der Waals surface area contributed by atoms with Gasteiger partial charge in [-0.25, -0.2) is 17.1 Å². The molecule has 8 heteroatoms. The first kappa shape index (κ1) is 19.4. The third-order valence-electron chi connectivity index (χ3n) is 3.42. The Morgan fingerprint density at radius 3 is 2.42 bits per heavy atom. The molecule has 0 radical (unpaired) electrons. The van der Waals surface area contributed by atoms with Gasteiger partial charge in [0.15, 0.2) is 11.2 Å². The van der Waals surface area contributed by atoms with E-state index < -0.39 is 0 Å². The second-order valence-electron chi connectivity index (χ2n) is 5.40. The van der Waals surface area contributed by atoms with Crippen LogP contribution in [-0.4, -0.2) is 25.4 Å². The van der Waals surface area contributed by atoms with Crippen LogP contribution in [0, 0.1) is 0 Å². The summed E-state index contributed by atoms with van der Waals surface area (Å²) < 4.78 is 1.73. The van der Waals surface area contributed by atoms with Crippen LogP contribution >= 0.6 is 0 Å². The number of fused-ring (bicyclic) bond motifs is 1. The molecule has 2 N–H and O–H groups in total. The molecular formula is C18H17FeN5O2-6. The fraction of sp³-hybridized carbons (Fsp3) is 0.111. The van der Waals surface area contributed by atoms with Gasteiger partial charge in [0, 0.05) is 30.5 Å². The number of carbonyl (C=O) groups is 1. The maximum absolute atomic E-state index is 12.1. The fourth-order valence-electron chi connectivity index (χ4n) is 2.37. The molecule has 4 rings (SSSR count). The van der Waals surface area contributed by atoms with Crippen molar-refractivity contribution in [1.82, 2.24) is 19.5 Å². The van der Waals surface area contributed by atoms with Crippen molar-refractivity contribution in [3.63, 3.8) is 0 Å². The standard InChI is InChI=1S/C13H12N5O2.C5H5.Fe/c1-8(19)15-13-16-11-10(12(20)17-13)18(7-14-11)6-9-4-2-3-5-9;1-2-4-5-3-1;/h2-5,7H,6H2,1H3,(H2,15,16,17,19,20);1-5H;/q-1;-5;. The Morgan fingerprint density at radius 1 is 1.23 bits per heavy atom. The molecule has 2 aromatic carbocycles. The molecule has 2 heterocycles. The van der Waals surface area contributed by atoms with E-state index in [1.807, 2.05) is 54.6 Å². The van der Waals surface area contributed by atoms with Crippen molar-refractivity contribution in [2.45, 2.75) is 13.5 Å². The van der Waals surface area contributed by atoms with Crippen LogP contribution in [0.3, 0.4) is 0 Å². The van der Waals surface area contributed by atoms with Gasteiger partial charge in [0.25, 0.3) is 5.56 Å². The summed E-state index contributed by atoms with van der Waals surface area (Å²) in [7, 11) is 0. The summed E-state index contributed by atoms with van der Waals surface area (Å²) in [5, 5.41) is 2.44. The Hall–Kier alpha value is -2.96. The average Bonchev–Trinajstić information content (AvgIpc) is 3.30. The molecule has 0 bridgehead atoms. The van der Waals surface area contributed by atoms with Crippen LogP contribution in [-0.2, 0) is 28.4 Å². The first-order chi connectivity index (χ1) is 12.1. The minimum absolute atomic E-state index is 0. The third kappa shape index (κ3) is 4.78. The Labute approximate surface area is 160 Å². The topological polar surface area (TPSA) is 92.7 Å². The molecule has 1 amide bonds. The Balaban J connectivity index is 0.000000351. The van der Waals surface area contributed by atoms with Crippen molar-refractivity contribution in [2.24, 2.45) is 0 Å². The number of rotatable bonds is 3. The maximum Gasteiger partial charge on any atom is 0.278 e. The van der Waals surface area contributed by atoms with Crippen molar-refractivity contribution in [1.29, 1.82) is 0 Å². The second-order valence-corrected chi connectivity index (χ2v) is 5.40. The van der Waals surface area contributed by atoms with E-state index in [2.05, 4.69) is 20.3 Å². The molecule has 0 fully saturated rings. The van der Waals surface area contributed by atoms with E-state index in [0.717, 1.165) is 5.56 Å². The molecule has 0 atom stereocenters. The summed E-state index contributed by atoms with van der Waals surface area (Å²) >= 11 is 0. The predicted molar refractivity (Wildman–Crippen MR) is 95.6 cm³/mol. The van der Waals surface area contributed by atoms with Gasteiger partial charge in [-0.2, -0.15) is 17.1 Å². The van der Waals surface area contributed by atoms with Gasteiger partial charge in [-0.3, -0.25) is 19.9 Å². The SMILES string of the molecule is CC(=O)Nc1nc2ncn(C[c-]3cccc3)c2c(=O)[nH]1.[Fe].[cH-]1[cH-][cH-][cH-][cH-]1. The normalized spacial score (nSPS) is 9.88. The zero-order chi connectivity index (χ0) is 17.6. The molecular weight excluding hydrogens is 374 g/mol. The first-order valence-electron chi connectivity index (χ1n) is 7.73. The number of anilines is 1. The summed E-state index contributed by atoms with van der Waals surface area (Å²) in [5.74, 6) is -0.197. The van der Waals surface area contributed by atoms with E-state index in [4.69, 9.17) is 0 Å². The molecule has 140 valence electrons. The van der Waals surface area contributed by atoms with Crippen LogP contribution in [0.5, 0.6) is 0 Å². The number of nitrogens with zero attached hydrogens (tertiary/aromatic N) is 3. The molecule has 0 saturated carbocycles. The molecule has 7 nitrogen and oxygen atoms in total. The van der Waals surface area contributed by atoms with Crippen LogP contribution in [0.2, 0.25) is 0 Å². The summed E-state index contributed by atoms with van der Waals surface area (Å²) in [6.07, 6.45) is 1.57. The average molecular weight is 391 g/mol. The number of nitrogens with one attached hydrogen (secondary N) is 2. The summed E-state index contributed by atoms with van der Waals surface area (Å²) in [4.78, 5) is 33.8. The predicted octanol–water partition coefficient (Wildman–Crippen LogP) is 2.25. The number of imidazole rings is 1. The number of aromatic amines is 1. The smallest absolute Gasteiger partial charge is 0.278 e. The zero-order valence-electron chi connectivity index (χ0n) is 14.0. The van der Waals surface area contributed by atoms with Gasteiger partial charge in [-0.15, -0.1) is 5.56 Å². The minimum atomic E-state index is -0.331. The van der Waals surface area contributed by atoms with E-state index in [1.165, 1.54) is 6.92 Å². The quantitative estimate of drug-likeness (QED) is 0.414. The van der Waals surface area contributed by atoms with Gasteiger partial charge in [-0.1, -0.05) is 0 Å². The van der Waals surface area contributed by atoms with Crippen LogP contribution in [0.4, 0.5) is 5.95 Å². The molecule has 26 heavy (non-hydrogen) atoms. The van der Waals surface area contributed by atoms with Crippen LogP contribution in [0.1, 0.15) is 12.5 Å². The van der Waals surface area contributed by atoms with E-state index in [0.29, 0.717) is 17.7 Å². The molecule has 4 aromatic rings. The van der Waals surface area contributed by atoms with Crippen molar-refractivity contribution >= 4 is 23.0 Å². The Bertz CT molecular complexity index is 983. The number of carbonyl (C=O) groups excluding carboxylic acids is 1. The molecule has 0 saturated heterocycles. The molecule has 0 aliphatic carbocycles. The summed E-state index contributed by atoms with van der Waals surface area (Å²) in [5.41, 5.74) is 1.45. The Morgan fingerprint density at radius 2 is 1.85 bits per heavy atom. The monoisotopic (exact) mass is 391 g/mol. The number of hydrogen-bond acceptors (Lipinski definition) is 4. The van der Waals surface area contributed by atoms with Gasteiger partial charge < -0.3 is 34.9 Å². The molecule has 0 aliphatic rings. The summed E-state index contributed by atoms with van der Waals surface area (Å²) in [6, 6.07) is 17.8. The van der Waals surface area contributed by atoms with Crippen molar-refractivity contribution in [2.75, 3.05) is 5.32 Å². The van der Waals surface area contributed by atoms with Crippen molar-refractivity contribution in [3.8, 4) is 0 Å². The molecule has 2 aromatic heterocycles. The van der Waals surface area contributed by atoms with Crippen LogP contribution in [0.15, 0.2) is 65.7 Å². The second kappa shape index (κ2) is 8.94. The third-order valence-corrected chi connectivity index (χ3v) is 3.42. The van der Waals surface area contributed by atoms with Gasteiger partial charge in [0.1, 0.15) is 0 Å². The number of aromatic nitrogens is 4. The van der Waals surface area contributed by atoms with E-state index >= 15 is 0 Å². The number of hydrogen-bond donors (Lipinski definition) is 2. The van der Waals surface area contributed by atoms with Gasteiger partial charge in [0.05, 0.1) is 6.33 Å². The van der Waals surface area contributed by atoms with Crippen LogP contribution < -0.4 is 10.9 Å². The van der Waals surface area contributed by atoms with E-state index in [-0.39, 0.29) is 34.5 Å². The van der Waals surface area contributed by atoms with Crippen molar-refractivity contribution < 1.29 is 21.9 Å². The fourth-order valence-corrected chi connectivity index (χ4v) is 2.37. The van der Waals surface area contributed by atoms with Gasteiger partial charge in [-0.05, 0) is 0 Å². The maximum atomic E-state index is 12.1. The van der Waals surface area contributed by atoms with Crippen LogP contribution in [0.25, 0.3) is 11.2 Å². The van der Waals surface area contributed by atoms with Crippen molar-refractivity contribution in [3.05, 3.63) is 76.8 Å². The van der Waals surface area contributed by atoms with Gasteiger partial charge in [0.2, 0.25) is 11.9 Å². The largest absolute Gasteiger partial charge is 0.748 e. The molecule has 0 spiro atoms. The zero-order valence-corrected chi connectivity index (χ0v) is 15.1. The van der Waals surface area contributed by atoms with Gasteiger partial charge >= 0.3 is 0 Å².